The highest BCUT2D eigenvalue weighted by atomic mass is 19.1. The van der Waals surface area contributed by atoms with E-state index in [0.717, 1.165) is 93.0 Å². The number of anilines is 2. The third kappa shape index (κ3) is 7.36. The van der Waals surface area contributed by atoms with Gasteiger partial charge in [-0.2, -0.15) is 0 Å². The molecule has 0 saturated heterocycles. The molecule has 4 saturated carbocycles. The summed E-state index contributed by atoms with van der Waals surface area (Å²) in [7, 11) is 0. The van der Waals surface area contributed by atoms with E-state index in [4.69, 9.17) is 0 Å². The molecule has 8 atom stereocenters. The fourth-order valence-electron chi connectivity index (χ4n) is 10.3. The number of nitrogens with one attached hydrogen (secondary N) is 4. The number of carbonyl (C=O) groups excluding carboxylic acids is 4. The molecule has 12 rings (SSSR count). The van der Waals surface area contributed by atoms with Crippen LogP contribution in [0.15, 0.2) is 97.3 Å². The molecule has 6 aliphatic carbocycles. The number of aromatic nitrogens is 4. The van der Waals surface area contributed by atoms with Gasteiger partial charge in [0, 0.05) is 70.7 Å². The number of benzene rings is 2. The summed E-state index contributed by atoms with van der Waals surface area (Å²) in [5.74, 6) is -0.299. The minimum Gasteiger partial charge on any atom is -0.358 e. The lowest BCUT2D eigenvalue weighted by atomic mass is 9.84. The van der Waals surface area contributed by atoms with Gasteiger partial charge in [0.25, 0.3) is 0 Å². The molecule has 4 fully saturated rings. The summed E-state index contributed by atoms with van der Waals surface area (Å²) in [5, 5.41) is 5.47. The summed E-state index contributed by atoms with van der Waals surface area (Å²) < 4.78 is 26.5. The molecule has 6 aliphatic rings. The van der Waals surface area contributed by atoms with Gasteiger partial charge in [-0.3, -0.25) is 19.2 Å². The molecule has 324 valence electrons. The third-order valence-corrected chi connectivity index (χ3v) is 14.5. The lowest BCUT2D eigenvalue weighted by Crippen LogP contribution is -2.20. The number of alkyl halides is 2. The molecular weight excluding hydrogens is 811 g/mol. The Kier molecular flexibility index (Phi) is 9.45. The van der Waals surface area contributed by atoms with Crippen molar-refractivity contribution in [2.45, 2.75) is 77.6 Å². The first-order valence-electron chi connectivity index (χ1n) is 22.3. The molecule has 4 heterocycles. The van der Waals surface area contributed by atoms with E-state index < -0.39 is 24.2 Å². The number of amides is 2. The highest BCUT2D eigenvalue weighted by molar-refractivity contribution is 6.06. The number of pyridine rings is 2. The fraction of sp³-hybridized carbons (Fsp3) is 0.346. The van der Waals surface area contributed by atoms with Crippen LogP contribution >= 0.6 is 0 Å². The maximum absolute atomic E-state index is 13.3. The second-order valence-corrected chi connectivity index (χ2v) is 19.4. The SMILES string of the molecule is C[C@@]12Cc3[nH]c(-c4ccnc(NC(=O)[C@@H]5C[C@@H]5F)c4)c(Cc4ccccc4)c3C(=O)[C@@H]1C2.C[C@]12Cc3[nH]c(-c4ccnc(NC(=O)[C@@H]5C[C@@H]5F)c4)c(Cc4ccccc4)c3C(=O)[C@H]1C2. The maximum atomic E-state index is 13.3. The summed E-state index contributed by atoms with van der Waals surface area (Å²) in [6.45, 7) is 4.37. The Morgan fingerprint density at radius 3 is 1.41 bits per heavy atom. The Morgan fingerprint density at radius 1 is 0.641 bits per heavy atom. The molecule has 0 radical (unpaired) electrons. The van der Waals surface area contributed by atoms with Crippen LogP contribution in [0, 0.1) is 34.5 Å². The second-order valence-electron chi connectivity index (χ2n) is 19.4. The second kappa shape index (κ2) is 15.0. The van der Waals surface area contributed by atoms with Crippen LogP contribution in [0.1, 0.15) is 93.9 Å². The molecule has 4 N–H and O–H groups in total. The zero-order valence-corrected chi connectivity index (χ0v) is 35.6. The molecule has 2 amide bonds. The minimum absolute atomic E-state index is 0.0702. The highest BCUT2D eigenvalue weighted by Gasteiger charge is 2.59. The van der Waals surface area contributed by atoms with Crippen LogP contribution in [0.3, 0.4) is 0 Å². The number of aromatic amines is 2. The molecule has 4 aromatic heterocycles. The van der Waals surface area contributed by atoms with Crippen molar-refractivity contribution in [3.63, 3.8) is 0 Å². The van der Waals surface area contributed by atoms with E-state index in [9.17, 15) is 28.0 Å². The number of halogens is 2. The quantitative estimate of drug-likeness (QED) is 0.108. The normalized spacial score (nSPS) is 27.4. The number of H-pyrrole nitrogens is 2. The number of carbonyl (C=O) groups is 4. The Balaban J connectivity index is 0.000000143. The zero-order chi connectivity index (χ0) is 44.1. The van der Waals surface area contributed by atoms with Gasteiger partial charge in [-0.15, -0.1) is 0 Å². The summed E-state index contributed by atoms with van der Waals surface area (Å²) in [6.07, 6.45) is 6.66. The van der Waals surface area contributed by atoms with E-state index in [1.54, 1.807) is 24.5 Å². The fourth-order valence-corrected chi connectivity index (χ4v) is 10.3. The largest absolute Gasteiger partial charge is 0.358 e. The number of hydrogen-bond donors (Lipinski definition) is 4. The Morgan fingerprint density at radius 2 is 1.03 bits per heavy atom. The van der Waals surface area contributed by atoms with Crippen LogP contribution in [-0.4, -0.2) is 55.7 Å². The molecule has 12 heteroatoms. The number of nitrogens with zero attached hydrogens (tertiary/aromatic N) is 2. The zero-order valence-electron chi connectivity index (χ0n) is 35.6. The number of Topliss-reactive ketones (excluding diaryl/α,β-unsaturated/α-hetero) is 2. The lowest BCUT2D eigenvalue weighted by Gasteiger charge is -2.17. The first-order chi connectivity index (χ1) is 30.9. The summed E-state index contributed by atoms with van der Waals surface area (Å²) >= 11 is 0. The summed E-state index contributed by atoms with van der Waals surface area (Å²) in [4.78, 5) is 66.6. The molecule has 0 bridgehead atoms. The maximum Gasteiger partial charge on any atom is 0.231 e. The van der Waals surface area contributed by atoms with Gasteiger partial charge in [0.1, 0.15) is 24.0 Å². The van der Waals surface area contributed by atoms with Gasteiger partial charge < -0.3 is 20.6 Å². The molecule has 0 spiro atoms. The van der Waals surface area contributed by atoms with Crippen LogP contribution in [0.25, 0.3) is 22.5 Å². The standard InChI is InChI=1S/2C26H24FN3O2/c2*1-26-12-18(26)24(31)22-17(9-14-5-3-2-4-6-14)23(29-20(22)13-26)15-7-8-28-21(10-15)30-25(32)16-11-19(16)27/h2*2-8,10,16,18-19,29H,9,11-13H2,1H3,(H,28,30,32)/t16-,18+,19+,26-;16-,18-,19+,26+/m11/s1. The van der Waals surface area contributed by atoms with Gasteiger partial charge in [-0.25, -0.2) is 18.7 Å². The molecular formula is C52H48F2N6O4. The van der Waals surface area contributed by atoms with Gasteiger partial charge in [0.15, 0.2) is 11.6 Å². The predicted octanol–water partition coefficient (Wildman–Crippen LogP) is 9.46. The van der Waals surface area contributed by atoms with Crippen LogP contribution in [-0.2, 0) is 35.3 Å². The van der Waals surface area contributed by atoms with Gasteiger partial charge in [-0.05, 0) is 95.9 Å². The van der Waals surface area contributed by atoms with Crippen LogP contribution in [0.2, 0.25) is 0 Å². The van der Waals surface area contributed by atoms with Crippen LogP contribution in [0.4, 0.5) is 20.4 Å². The van der Waals surface area contributed by atoms with E-state index in [-0.39, 0.29) is 58.9 Å². The van der Waals surface area contributed by atoms with E-state index in [2.05, 4.69) is 68.7 Å². The monoisotopic (exact) mass is 858 g/mol. The van der Waals surface area contributed by atoms with Gasteiger partial charge in [0.05, 0.1) is 23.2 Å². The Hall–Kier alpha value is -6.56. The van der Waals surface area contributed by atoms with Crippen molar-refractivity contribution in [3.8, 4) is 22.5 Å². The summed E-state index contributed by atoms with van der Waals surface area (Å²) in [6, 6.07) is 27.6. The van der Waals surface area contributed by atoms with E-state index in [0.29, 0.717) is 24.5 Å². The van der Waals surface area contributed by atoms with Crippen LogP contribution in [0.5, 0.6) is 0 Å². The first kappa shape index (κ1) is 40.2. The minimum atomic E-state index is -1.05. The molecule has 2 aromatic carbocycles. The topological polar surface area (TPSA) is 150 Å². The number of hydrogen-bond acceptors (Lipinski definition) is 6. The average Bonchev–Trinajstić information content (AvgIpc) is 4.23. The smallest absolute Gasteiger partial charge is 0.231 e. The first-order valence-corrected chi connectivity index (χ1v) is 22.3. The number of rotatable bonds is 10. The lowest BCUT2D eigenvalue weighted by molar-refractivity contribution is -0.118. The molecule has 0 unspecified atom stereocenters. The molecule has 0 aliphatic heterocycles. The molecule has 10 nitrogen and oxygen atoms in total. The number of fused-ring (bicyclic) bond motifs is 4. The van der Waals surface area contributed by atoms with Crippen molar-refractivity contribution in [2.24, 2.45) is 34.5 Å². The van der Waals surface area contributed by atoms with Gasteiger partial charge in [0.2, 0.25) is 11.8 Å². The predicted molar refractivity (Wildman–Crippen MR) is 238 cm³/mol. The van der Waals surface area contributed by atoms with Crippen molar-refractivity contribution in [1.82, 2.24) is 19.9 Å². The average molecular weight is 859 g/mol. The van der Waals surface area contributed by atoms with Crippen molar-refractivity contribution in [2.75, 3.05) is 10.6 Å². The van der Waals surface area contributed by atoms with E-state index >= 15 is 0 Å². The van der Waals surface area contributed by atoms with Gasteiger partial charge >= 0.3 is 0 Å². The van der Waals surface area contributed by atoms with Crippen LogP contribution < -0.4 is 10.6 Å². The van der Waals surface area contributed by atoms with E-state index in [1.807, 2.05) is 48.5 Å². The van der Waals surface area contributed by atoms with Gasteiger partial charge in [-0.1, -0.05) is 74.5 Å². The molecule has 6 aromatic rings. The third-order valence-electron chi connectivity index (χ3n) is 14.5. The van der Waals surface area contributed by atoms with Crippen molar-refractivity contribution >= 4 is 35.0 Å². The molecule has 64 heavy (non-hydrogen) atoms. The number of ketones is 2. The Labute approximate surface area is 369 Å². The summed E-state index contributed by atoms with van der Waals surface area (Å²) in [5.41, 5.74) is 11.6. The van der Waals surface area contributed by atoms with Crippen molar-refractivity contribution in [3.05, 3.63) is 142 Å². The van der Waals surface area contributed by atoms with Crippen molar-refractivity contribution < 1.29 is 28.0 Å². The van der Waals surface area contributed by atoms with E-state index in [1.165, 1.54) is 0 Å². The van der Waals surface area contributed by atoms with Crippen molar-refractivity contribution in [1.29, 1.82) is 0 Å². The highest BCUT2D eigenvalue weighted by Crippen LogP contribution is 2.61. The Bertz CT molecular complexity index is 2700.